The Balaban J connectivity index is 2.72. The van der Waals surface area contributed by atoms with Gasteiger partial charge >= 0.3 is 0 Å². The van der Waals surface area contributed by atoms with Crippen LogP contribution in [0.4, 0.5) is 0 Å². The molecule has 0 atom stereocenters. The Hall–Kier alpha value is -1.66. The Kier molecular flexibility index (Phi) is 2.85. The molecule has 0 radical (unpaired) electrons. The van der Waals surface area contributed by atoms with Gasteiger partial charge in [0.25, 0.3) is 0 Å². The van der Waals surface area contributed by atoms with Gasteiger partial charge in [-0.25, -0.2) is 4.79 Å². The molecule has 0 fully saturated rings. The van der Waals surface area contributed by atoms with E-state index >= 15 is 0 Å². The molecule has 0 amide bonds. The van der Waals surface area contributed by atoms with Crippen LogP contribution in [0.1, 0.15) is 5.69 Å². The van der Waals surface area contributed by atoms with Crippen LogP contribution in [0.25, 0.3) is 6.08 Å². The van der Waals surface area contributed by atoms with E-state index in [0.717, 1.165) is 5.69 Å². The number of hydrogen-bond acceptors (Lipinski definition) is 2. The number of allylic oxidation sites excluding steroid dienone is 2. The number of nitrogens with zero attached hydrogens (tertiary/aromatic N) is 1. The van der Waals surface area contributed by atoms with Gasteiger partial charge in [0.05, 0.1) is 5.69 Å². The van der Waals surface area contributed by atoms with E-state index in [2.05, 4.69) is 4.98 Å². The first kappa shape index (κ1) is 7.45. The van der Waals surface area contributed by atoms with E-state index in [1.54, 1.807) is 24.3 Å². The molecule has 0 aromatic carbocycles. The lowest BCUT2D eigenvalue weighted by Crippen LogP contribution is -1.74. The summed E-state index contributed by atoms with van der Waals surface area (Å²) >= 11 is 0. The second-order valence-electron chi connectivity index (χ2n) is 1.90. The van der Waals surface area contributed by atoms with Crippen molar-refractivity contribution in [3.05, 3.63) is 42.2 Å². The smallest absolute Gasteiger partial charge is 0.124 e. The van der Waals surface area contributed by atoms with Gasteiger partial charge in [-0.2, -0.15) is 0 Å². The Morgan fingerprint density at radius 3 is 3.00 bits per heavy atom. The zero-order chi connectivity index (χ0) is 7.94. The van der Waals surface area contributed by atoms with Gasteiger partial charge in [0.15, 0.2) is 0 Å². The van der Waals surface area contributed by atoms with Gasteiger partial charge in [-0.15, -0.1) is 0 Å². The molecule has 0 spiro atoms. The highest BCUT2D eigenvalue weighted by molar-refractivity contribution is 5.55. The largest absolute Gasteiger partial charge is 0.257 e. The minimum atomic E-state index is 0.832. The molecule has 0 saturated carbocycles. The quantitative estimate of drug-likeness (QED) is 0.466. The van der Waals surface area contributed by atoms with Gasteiger partial charge in [-0.3, -0.25) is 4.98 Å². The highest BCUT2D eigenvalue weighted by Gasteiger charge is 1.80. The number of hydrogen-bond donors (Lipinski definition) is 0. The van der Waals surface area contributed by atoms with E-state index in [0.29, 0.717) is 0 Å². The van der Waals surface area contributed by atoms with Crippen LogP contribution in [-0.2, 0) is 4.79 Å². The fourth-order valence-electron chi connectivity index (χ4n) is 0.661. The number of carbonyl (C=O) groups excluding carboxylic acids is 1. The van der Waals surface area contributed by atoms with Gasteiger partial charge in [0.2, 0.25) is 0 Å². The summed E-state index contributed by atoms with van der Waals surface area (Å²) in [6.07, 6.45) is 6.35. The minimum absolute atomic E-state index is 0.832. The maximum Gasteiger partial charge on any atom is 0.124 e. The second kappa shape index (κ2) is 4.20. The molecule has 1 heterocycles. The van der Waals surface area contributed by atoms with E-state index in [-0.39, 0.29) is 0 Å². The average Bonchev–Trinajstić information content (AvgIpc) is 2.07. The normalized spacial score (nSPS) is 9.45. The molecule has 0 aliphatic carbocycles. The summed E-state index contributed by atoms with van der Waals surface area (Å²) in [6.45, 7) is 0. The van der Waals surface area contributed by atoms with Crippen LogP contribution in [0.5, 0.6) is 0 Å². The van der Waals surface area contributed by atoms with Crippen molar-refractivity contribution < 1.29 is 4.79 Å². The Morgan fingerprint density at radius 2 is 2.36 bits per heavy atom. The van der Waals surface area contributed by atoms with Crippen LogP contribution in [0.2, 0.25) is 0 Å². The van der Waals surface area contributed by atoms with Gasteiger partial charge < -0.3 is 0 Å². The Labute approximate surface area is 64.9 Å². The van der Waals surface area contributed by atoms with Gasteiger partial charge in [0.1, 0.15) is 5.94 Å². The van der Waals surface area contributed by atoms with Crippen molar-refractivity contribution >= 4 is 12.0 Å². The van der Waals surface area contributed by atoms with Crippen LogP contribution in [0.3, 0.4) is 0 Å². The zero-order valence-electron chi connectivity index (χ0n) is 5.90. The molecule has 0 aliphatic heterocycles. The van der Waals surface area contributed by atoms with E-state index in [1.807, 2.05) is 18.2 Å². The van der Waals surface area contributed by atoms with E-state index in [4.69, 9.17) is 0 Å². The lowest BCUT2D eigenvalue weighted by atomic mass is 10.3. The molecule has 54 valence electrons. The van der Waals surface area contributed by atoms with Crippen molar-refractivity contribution in [2.45, 2.75) is 0 Å². The highest BCUT2D eigenvalue weighted by atomic mass is 16.1. The summed E-state index contributed by atoms with van der Waals surface area (Å²) in [5, 5.41) is 0. The van der Waals surface area contributed by atoms with Crippen molar-refractivity contribution in [2.75, 3.05) is 0 Å². The summed E-state index contributed by atoms with van der Waals surface area (Å²) in [4.78, 5) is 13.8. The first-order valence-corrected chi connectivity index (χ1v) is 3.22. The van der Waals surface area contributed by atoms with Crippen molar-refractivity contribution in [1.29, 1.82) is 0 Å². The minimum Gasteiger partial charge on any atom is -0.257 e. The van der Waals surface area contributed by atoms with Crippen LogP contribution >= 0.6 is 0 Å². The number of pyridine rings is 1. The van der Waals surface area contributed by atoms with E-state index < -0.39 is 0 Å². The lowest BCUT2D eigenvalue weighted by Gasteiger charge is -1.86. The lowest BCUT2D eigenvalue weighted by molar-refractivity contribution is 0.569. The maximum absolute atomic E-state index is 9.74. The van der Waals surface area contributed by atoms with Crippen molar-refractivity contribution in [3.8, 4) is 0 Å². The summed E-state index contributed by atoms with van der Waals surface area (Å²) in [6, 6.07) is 5.58. The first-order chi connectivity index (χ1) is 5.43. The molecule has 1 aromatic rings. The molecular formula is C9H7NO. The Morgan fingerprint density at radius 1 is 1.45 bits per heavy atom. The summed E-state index contributed by atoms with van der Waals surface area (Å²) in [5.74, 6) is 1.65. The third-order valence-electron chi connectivity index (χ3n) is 1.12. The van der Waals surface area contributed by atoms with Crippen molar-refractivity contribution in [2.24, 2.45) is 0 Å². The van der Waals surface area contributed by atoms with E-state index in [1.165, 1.54) is 6.08 Å². The first-order valence-electron chi connectivity index (χ1n) is 3.22. The molecule has 0 aliphatic rings. The number of rotatable bonds is 2. The number of aromatic nitrogens is 1. The summed E-state index contributed by atoms with van der Waals surface area (Å²) < 4.78 is 0. The molecule has 2 heteroatoms. The Bertz CT molecular complexity index is 284. The maximum atomic E-state index is 9.74. The SMILES string of the molecule is O=C=C/C=C/c1ccccn1. The monoisotopic (exact) mass is 145 g/mol. The predicted octanol–water partition coefficient (Wildman–Crippen LogP) is 1.48. The molecule has 11 heavy (non-hydrogen) atoms. The molecule has 2 nitrogen and oxygen atoms in total. The standard InChI is InChI=1S/C9H7NO/c11-8-4-2-6-9-5-1-3-7-10-9/h1-7H/b6-2+. The highest BCUT2D eigenvalue weighted by Crippen LogP contribution is 1.95. The van der Waals surface area contributed by atoms with Crippen molar-refractivity contribution in [3.63, 3.8) is 0 Å². The predicted molar refractivity (Wildman–Crippen MR) is 43.5 cm³/mol. The fourth-order valence-corrected chi connectivity index (χ4v) is 0.661. The molecule has 0 unspecified atom stereocenters. The summed E-state index contributed by atoms with van der Waals surface area (Å²) in [5.41, 5.74) is 0.832. The van der Waals surface area contributed by atoms with Gasteiger partial charge in [0, 0.05) is 12.3 Å². The molecule has 0 bridgehead atoms. The van der Waals surface area contributed by atoms with Crippen molar-refractivity contribution in [1.82, 2.24) is 4.98 Å². The second-order valence-corrected chi connectivity index (χ2v) is 1.90. The molecule has 1 aromatic heterocycles. The third-order valence-corrected chi connectivity index (χ3v) is 1.12. The van der Waals surface area contributed by atoms with Crippen LogP contribution in [0, 0.1) is 0 Å². The molecule has 0 N–H and O–H groups in total. The summed E-state index contributed by atoms with van der Waals surface area (Å²) in [7, 11) is 0. The zero-order valence-corrected chi connectivity index (χ0v) is 5.90. The van der Waals surface area contributed by atoms with Crippen LogP contribution in [0.15, 0.2) is 36.5 Å². The topological polar surface area (TPSA) is 30.0 Å². The van der Waals surface area contributed by atoms with Crippen LogP contribution < -0.4 is 0 Å². The molecule has 0 saturated heterocycles. The average molecular weight is 145 g/mol. The fraction of sp³-hybridized carbons (Fsp3) is 0. The van der Waals surface area contributed by atoms with Gasteiger partial charge in [-0.1, -0.05) is 6.07 Å². The third kappa shape index (κ3) is 2.61. The molecule has 1 rings (SSSR count). The van der Waals surface area contributed by atoms with E-state index in [9.17, 15) is 4.79 Å². The van der Waals surface area contributed by atoms with Gasteiger partial charge in [-0.05, 0) is 24.3 Å². The van der Waals surface area contributed by atoms with Crippen LogP contribution in [-0.4, -0.2) is 10.9 Å². The molecular weight excluding hydrogens is 138 g/mol.